The van der Waals surface area contributed by atoms with Crippen LogP contribution in [0.5, 0.6) is 0 Å². The summed E-state index contributed by atoms with van der Waals surface area (Å²) in [5.41, 5.74) is 17.0. The minimum atomic E-state index is -0.414. The summed E-state index contributed by atoms with van der Waals surface area (Å²) < 4.78 is 0. The number of aryl methyl sites for hydroxylation is 2. The van der Waals surface area contributed by atoms with Crippen LogP contribution < -0.4 is 11.5 Å². The molecule has 0 aliphatic heterocycles. The van der Waals surface area contributed by atoms with Crippen molar-refractivity contribution in [1.82, 2.24) is 0 Å². The van der Waals surface area contributed by atoms with Crippen molar-refractivity contribution in [2.24, 2.45) is 16.5 Å². The number of carbonyl (C=O) groups excluding carboxylic acids is 1. The molecule has 1 aliphatic carbocycles. The van der Waals surface area contributed by atoms with Crippen molar-refractivity contribution < 1.29 is 4.79 Å². The van der Waals surface area contributed by atoms with Gasteiger partial charge in [-0.15, -0.1) is 0 Å². The first-order valence-corrected chi connectivity index (χ1v) is 7.59. The number of hydrogen-bond donors (Lipinski definition) is 2. The third-order valence-corrected chi connectivity index (χ3v) is 4.08. The molecule has 4 N–H and O–H groups in total. The molecule has 0 unspecified atom stereocenters. The lowest BCUT2D eigenvalue weighted by Gasteiger charge is -2.20. The lowest BCUT2D eigenvalue weighted by molar-refractivity contribution is 0.100. The van der Waals surface area contributed by atoms with Crippen molar-refractivity contribution in [2.75, 3.05) is 0 Å². The molecule has 0 bridgehead atoms. The molecule has 116 valence electrons. The average Bonchev–Trinajstić information content (AvgIpc) is 2.54. The Bertz CT molecular complexity index is 830. The molecule has 0 spiro atoms. The number of guanidine groups is 1. The molecular weight excluding hydrogens is 286 g/mol. The van der Waals surface area contributed by atoms with Crippen LogP contribution in [-0.2, 0) is 6.42 Å². The predicted molar refractivity (Wildman–Crippen MR) is 93.2 cm³/mol. The van der Waals surface area contributed by atoms with Crippen LogP contribution in [0.4, 0.5) is 0 Å². The van der Waals surface area contributed by atoms with Crippen molar-refractivity contribution in [3.05, 3.63) is 76.4 Å². The van der Waals surface area contributed by atoms with Crippen LogP contribution in [-0.4, -0.2) is 11.9 Å². The van der Waals surface area contributed by atoms with E-state index in [1.54, 1.807) is 6.07 Å². The fraction of sp³-hybridized carbons (Fsp3) is 0.158. The Morgan fingerprint density at radius 3 is 2.61 bits per heavy atom. The molecule has 1 aliphatic rings. The van der Waals surface area contributed by atoms with Gasteiger partial charge >= 0.3 is 0 Å². The summed E-state index contributed by atoms with van der Waals surface area (Å²) in [6, 6.07) is 13.9. The summed E-state index contributed by atoms with van der Waals surface area (Å²) in [7, 11) is 0. The molecule has 4 heteroatoms. The van der Waals surface area contributed by atoms with Gasteiger partial charge in [-0.25, -0.2) is 0 Å². The quantitative estimate of drug-likeness (QED) is 0.661. The predicted octanol–water partition coefficient (Wildman–Crippen LogP) is 2.79. The Kier molecular flexibility index (Phi) is 3.98. The monoisotopic (exact) mass is 305 g/mol. The van der Waals surface area contributed by atoms with Crippen LogP contribution in [0.25, 0.3) is 5.57 Å². The SMILES string of the molecule is Cc1ccccc1C1=CCCc2ccc(C(=O)N=C(N)N)cc21. The molecule has 0 aromatic heterocycles. The number of amides is 1. The fourth-order valence-electron chi connectivity index (χ4n) is 2.97. The smallest absolute Gasteiger partial charge is 0.280 e. The minimum absolute atomic E-state index is 0.220. The van der Waals surface area contributed by atoms with Crippen molar-refractivity contribution in [2.45, 2.75) is 19.8 Å². The van der Waals surface area contributed by atoms with Crippen LogP contribution in [0, 0.1) is 6.92 Å². The maximum Gasteiger partial charge on any atom is 0.280 e. The normalized spacial score (nSPS) is 13.0. The van der Waals surface area contributed by atoms with Gasteiger partial charge in [0, 0.05) is 5.56 Å². The van der Waals surface area contributed by atoms with E-state index in [1.165, 1.54) is 22.3 Å². The number of carbonyl (C=O) groups is 1. The summed E-state index contributed by atoms with van der Waals surface area (Å²) >= 11 is 0. The van der Waals surface area contributed by atoms with Crippen LogP contribution in [0.15, 0.2) is 53.5 Å². The fourth-order valence-corrected chi connectivity index (χ4v) is 2.97. The van der Waals surface area contributed by atoms with Gasteiger partial charge in [-0.05, 0) is 59.7 Å². The van der Waals surface area contributed by atoms with E-state index in [9.17, 15) is 4.79 Å². The highest BCUT2D eigenvalue weighted by Gasteiger charge is 2.17. The molecule has 2 aromatic carbocycles. The van der Waals surface area contributed by atoms with Gasteiger partial charge < -0.3 is 11.5 Å². The number of rotatable bonds is 2. The van der Waals surface area contributed by atoms with Gasteiger partial charge in [0.2, 0.25) is 0 Å². The number of benzene rings is 2. The van der Waals surface area contributed by atoms with E-state index in [4.69, 9.17) is 11.5 Å². The summed E-state index contributed by atoms with van der Waals surface area (Å²) in [5.74, 6) is -0.634. The van der Waals surface area contributed by atoms with Gasteiger partial charge in [0.05, 0.1) is 0 Å². The first kappa shape index (κ1) is 15.0. The summed E-state index contributed by atoms with van der Waals surface area (Å²) in [6.45, 7) is 2.10. The van der Waals surface area contributed by atoms with E-state index in [2.05, 4.69) is 30.1 Å². The van der Waals surface area contributed by atoms with Crippen LogP contribution in [0.3, 0.4) is 0 Å². The van der Waals surface area contributed by atoms with Gasteiger partial charge in [-0.3, -0.25) is 4.79 Å². The highest BCUT2D eigenvalue weighted by molar-refractivity contribution is 6.02. The Balaban J connectivity index is 2.09. The highest BCUT2D eigenvalue weighted by Crippen LogP contribution is 2.33. The van der Waals surface area contributed by atoms with Gasteiger partial charge in [0.25, 0.3) is 5.91 Å². The van der Waals surface area contributed by atoms with Crippen molar-refractivity contribution in [1.29, 1.82) is 0 Å². The maximum absolute atomic E-state index is 12.1. The molecule has 2 aromatic rings. The van der Waals surface area contributed by atoms with E-state index in [0.29, 0.717) is 5.56 Å². The van der Waals surface area contributed by atoms with Crippen LogP contribution >= 0.6 is 0 Å². The number of nitrogens with two attached hydrogens (primary N) is 2. The Morgan fingerprint density at radius 2 is 1.87 bits per heavy atom. The zero-order valence-electron chi connectivity index (χ0n) is 13.0. The summed E-state index contributed by atoms with van der Waals surface area (Å²) in [5, 5.41) is 0. The lowest BCUT2D eigenvalue weighted by atomic mass is 9.84. The lowest BCUT2D eigenvalue weighted by Crippen LogP contribution is -2.24. The number of fused-ring (bicyclic) bond motifs is 1. The Hall–Kier alpha value is -2.88. The molecule has 0 atom stereocenters. The number of allylic oxidation sites excluding steroid dienone is 1. The zero-order chi connectivity index (χ0) is 16.4. The minimum Gasteiger partial charge on any atom is -0.370 e. The van der Waals surface area contributed by atoms with E-state index in [-0.39, 0.29) is 5.96 Å². The second-order valence-electron chi connectivity index (χ2n) is 5.69. The molecule has 0 saturated heterocycles. The second-order valence-corrected chi connectivity index (χ2v) is 5.69. The maximum atomic E-state index is 12.1. The van der Waals surface area contributed by atoms with Gasteiger partial charge in [0.1, 0.15) is 0 Å². The molecular formula is C19H19N3O. The summed E-state index contributed by atoms with van der Waals surface area (Å²) in [6.07, 6.45) is 4.21. The third-order valence-electron chi connectivity index (χ3n) is 4.08. The zero-order valence-corrected chi connectivity index (χ0v) is 13.0. The van der Waals surface area contributed by atoms with Crippen molar-refractivity contribution in [3.63, 3.8) is 0 Å². The van der Waals surface area contributed by atoms with Gasteiger partial charge in [0.15, 0.2) is 5.96 Å². The topological polar surface area (TPSA) is 81.5 Å². The van der Waals surface area contributed by atoms with Crippen LogP contribution in [0.1, 0.15) is 39.0 Å². The Labute approximate surface area is 135 Å². The third kappa shape index (κ3) is 3.01. The Morgan fingerprint density at radius 1 is 1.09 bits per heavy atom. The van der Waals surface area contributed by atoms with Crippen molar-refractivity contribution >= 4 is 17.4 Å². The van der Waals surface area contributed by atoms with E-state index in [0.717, 1.165) is 18.4 Å². The largest absolute Gasteiger partial charge is 0.370 e. The first-order valence-electron chi connectivity index (χ1n) is 7.59. The van der Waals surface area contributed by atoms with Crippen LogP contribution in [0.2, 0.25) is 0 Å². The van der Waals surface area contributed by atoms with E-state index in [1.807, 2.05) is 24.3 Å². The molecule has 0 fully saturated rings. The highest BCUT2D eigenvalue weighted by atomic mass is 16.1. The molecule has 0 heterocycles. The molecule has 0 radical (unpaired) electrons. The van der Waals surface area contributed by atoms with E-state index < -0.39 is 5.91 Å². The second kappa shape index (κ2) is 6.08. The number of aliphatic imine (C=N–C) groups is 1. The number of nitrogens with zero attached hydrogens (tertiary/aromatic N) is 1. The molecule has 4 nitrogen and oxygen atoms in total. The molecule has 1 amide bonds. The van der Waals surface area contributed by atoms with E-state index >= 15 is 0 Å². The summed E-state index contributed by atoms with van der Waals surface area (Å²) in [4.78, 5) is 15.7. The van der Waals surface area contributed by atoms with Gasteiger partial charge in [-0.1, -0.05) is 36.4 Å². The molecule has 23 heavy (non-hydrogen) atoms. The first-order chi connectivity index (χ1) is 11.1. The average molecular weight is 305 g/mol. The van der Waals surface area contributed by atoms with Gasteiger partial charge in [-0.2, -0.15) is 4.99 Å². The molecule has 3 rings (SSSR count). The standard InChI is InChI=1S/C19H19N3O/c1-12-5-2-3-7-15(12)16-8-4-6-13-9-10-14(11-17(13)16)18(23)22-19(20)21/h2-3,5,7-11H,4,6H2,1H3,(H4,20,21,22,23). The molecule has 0 saturated carbocycles. The van der Waals surface area contributed by atoms with Crippen molar-refractivity contribution in [3.8, 4) is 0 Å². The number of hydrogen-bond acceptors (Lipinski definition) is 1.